The van der Waals surface area contributed by atoms with Crippen molar-refractivity contribution in [1.29, 1.82) is 0 Å². The van der Waals surface area contributed by atoms with E-state index in [9.17, 15) is 4.79 Å². The summed E-state index contributed by atoms with van der Waals surface area (Å²) in [5.41, 5.74) is 3.58. The van der Waals surface area contributed by atoms with Crippen LogP contribution in [0.1, 0.15) is 30.8 Å². The summed E-state index contributed by atoms with van der Waals surface area (Å²) in [7, 11) is 0. The van der Waals surface area contributed by atoms with E-state index in [4.69, 9.17) is 4.98 Å². The van der Waals surface area contributed by atoms with Gasteiger partial charge in [0.05, 0.1) is 35.5 Å². The average molecular weight is 375 g/mol. The van der Waals surface area contributed by atoms with Gasteiger partial charge in [0.2, 0.25) is 5.91 Å². The Morgan fingerprint density at radius 2 is 2.14 bits per heavy atom. The fourth-order valence-electron chi connectivity index (χ4n) is 4.08. The summed E-state index contributed by atoms with van der Waals surface area (Å²) < 4.78 is 2.17. The summed E-state index contributed by atoms with van der Waals surface area (Å²) in [6, 6.07) is 3.81. The summed E-state index contributed by atoms with van der Waals surface area (Å²) in [6.45, 7) is 3.68. The van der Waals surface area contributed by atoms with Gasteiger partial charge in [-0.05, 0) is 24.5 Å². The van der Waals surface area contributed by atoms with Crippen molar-refractivity contribution in [3.63, 3.8) is 0 Å². The second kappa shape index (κ2) is 6.70. The molecule has 28 heavy (non-hydrogen) atoms. The number of H-pyrrole nitrogens is 1. The second-order valence-electron chi connectivity index (χ2n) is 7.44. The Hall–Kier alpha value is -3.29. The fraction of sp³-hybridized carbons (Fsp3) is 0.350. The van der Waals surface area contributed by atoms with E-state index in [0.29, 0.717) is 18.9 Å². The Morgan fingerprint density at radius 3 is 3.00 bits per heavy atom. The van der Waals surface area contributed by atoms with Crippen LogP contribution in [0.15, 0.2) is 43.2 Å². The van der Waals surface area contributed by atoms with Gasteiger partial charge >= 0.3 is 0 Å². The van der Waals surface area contributed by atoms with Crippen molar-refractivity contribution in [3.05, 3.63) is 54.8 Å². The number of hydrogen-bond acceptors (Lipinski definition) is 5. The molecule has 0 bridgehead atoms. The van der Waals surface area contributed by atoms with Crippen LogP contribution in [0.3, 0.4) is 0 Å². The number of nitrogens with one attached hydrogen (secondary N) is 1. The summed E-state index contributed by atoms with van der Waals surface area (Å²) in [5, 5.41) is 0. The molecule has 1 fully saturated rings. The number of aromatic amines is 1. The third-order valence-corrected chi connectivity index (χ3v) is 5.71. The molecule has 2 atom stereocenters. The molecule has 8 heteroatoms. The minimum absolute atomic E-state index is 0.102. The van der Waals surface area contributed by atoms with Gasteiger partial charge in [-0.1, -0.05) is 6.92 Å². The van der Waals surface area contributed by atoms with Gasteiger partial charge < -0.3 is 9.88 Å². The molecule has 0 aromatic carbocycles. The number of carbonyl (C=O) groups is 1. The average Bonchev–Trinajstić information content (AvgIpc) is 3.35. The fourth-order valence-corrected chi connectivity index (χ4v) is 4.08. The molecule has 0 aliphatic carbocycles. The summed E-state index contributed by atoms with van der Waals surface area (Å²) in [6.07, 6.45) is 10.0. The topological polar surface area (TPSA) is 92.1 Å². The predicted octanol–water partition coefficient (Wildman–Crippen LogP) is 2.20. The van der Waals surface area contributed by atoms with Crippen molar-refractivity contribution in [1.82, 2.24) is 34.2 Å². The second-order valence-corrected chi connectivity index (χ2v) is 7.44. The highest BCUT2D eigenvalue weighted by molar-refractivity contribution is 5.78. The van der Waals surface area contributed by atoms with Crippen molar-refractivity contribution in [2.45, 2.75) is 25.7 Å². The lowest BCUT2D eigenvalue weighted by molar-refractivity contribution is -0.132. The highest BCUT2D eigenvalue weighted by atomic mass is 16.2. The molecule has 5 rings (SSSR count). The SMILES string of the molecule is C[C@@H]1CCN(C(=O)Cc2ccncn2)C[C@@H]1c1ncc2cnc3[nH]ccc3n12. The maximum Gasteiger partial charge on any atom is 0.228 e. The first-order chi connectivity index (χ1) is 13.7. The molecule has 4 aromatic heterocycles. The molecule has 1 saturated heterocycles. The molecule has 0 saturated carbocycles. The van der Waals surface area contributed by atoms with E-state index in [1.54, 1.807) is 12.3 Å². The van der Waals surface area contributed by atoms with Crippen molar-refractivity contribution >= 4 is 22.6 Å². The Balaban J connectivity index is 1.45. The lowest BCUT2D eigenvalue weighted by Crippen LogP contribution is -2.43. The molecule has 142 valence electrons. The molecule has 1 aliphatic rings. The highest BCUT2D eigenvalue weighted by Gasteiger charge is 2.33. The van der Waals surface area contributed by atoms with Gasteiger partial charge in [-0.2, -0.15) is 0 Å². The molecule has 0 spiro atoms. The van der Waals surface area contributed by atoms with Crippen LogP contribution in [-0.2, 0) is 11.2 Å². The first kappa shape index (κ1) is 16.9. The summed E-state index contributed by atoms with van der Waals surface area (Å²) >= 11 is 0. The van der Waals surface area contributed by atoms with Crippen LogP contribution in [0.5, 0.6) is 0 Å². The molecule has 0 radical (unpaired) electrons. The molecule has 0 unspecified atom stereocenters. The Morgan fingerprint density at radius 1 is 1.25 bits per heavy atom. The molecule has 1 N–H and O–H groups in total. The maximum atomic E-state index is 12.8. The van der Waals surface area contributed by atoms with Crippen LogP contribution < -0.4 is 0 Å². The van der Waals surface area contributed by atoms with Crippen molar-refractivity contribution in [3.8, 4) is 0 Å². The standard InChI is InChI=1S/C20H21N7O/c1-13-4-7-26(18(28)8-14-2-5-21-12-25-14)11-16(13)20-24-10-15-9-23-19-17(27(15)20)3-6-22-19/h2-3,5-6,9-10,12-13,16,22H,4,7-8,11H2,1H3/t13-,16+/m1/s1. The molecule has 5 heterocycles. The largest absolute Gasteiger partial charge is 0.345 e. The van der Waals surface area contributed by atoms with Gasteiger partial charge in [-0.3, -0.25) is 9.20 Å². The number of piperidine rings is 1. The van der Waals surface area contributed by atoms with Gasteiger partial charge in [-0.15, -0.1) is 0 Å². The number of fused-ring (bicyclic) bond motifs is 3. The van der Waals surface area contributed by atoms with E-state index in [-0.39, 0.29) is 11.8 Å². The number of imidazole rings is 1. The normalized spacial score (nSPS) is 20.1. The lowest BCUT2D eigenvalue weighted by atomic mass is 9.86. The first-order valence-corrected chi connectivity index (χ1v) is 9.53. The molecule has 8 nitrogen and oxygen atoms in total. The number of carbonyl (C=O) groups excluding carboxylic acids is 1. The smallest absolute Gasteiger partial charge is 0.228 e. The number of aromatic nitrogens is 6. The third-order valence-electron chi connectivity index (χ3n) is 5.71. The van der Waals surface area contributed by atoms with E-state index in [2.05, 4.69) is 31.3 Å². The van der Waals surface area contributed by atoms with Gasteiger partial charge in [-0.25, -0.2) is 19.9 Å². The number of nitrogens with zero attached hydrogens (tertiary/aromatic N) is 6. The monoisotopic (exact) mass is 375 g/mol. The van der Waals surface area contributed by atoms with Crippen molar-refractivity contribution in [2.75, 3.05) is 13.1 Å². The third kappa shape index (κ3) is 2.81. The van der Waals surface area contributed by atoms with Crippen molar-refractivity contribution < 1.29 is 4.79 Å². The van der Waals surface area contributed by atoms with E-state index in [1.165, 1.54) is 6.33 Å². The van der Waals surface area contributed by atoms with Gasteiger partial charge in [0, 0.05) is 31.4 Å². The van der Waals surface area contributed by atoms with Gasteiger partial charge in [0.25, 0.3) is 0 Å². The number of hydrogen-bond donors (Lipinski definition) is 1. The lowest BCUT2D eigenvalue weighted by Gasteiger charge is -2.36. The van der Waals surface area contributed by atoms with Crippen LogP contribution in [0.2, 0.25) is 0 Å². The minimum atomic E-state index is 0.102. The molecular weight excluding hydrogens is 354 g/mol. The first-order valence-electron chi connectivity index (χ1n) is 9.53. The van der Waals surface area contributed by atoms with E-state index < -0.39 is 0 Å². The van der Waals surface area contributed by atoms with Crippen LogP contribution in [0, 0.1) is 5.92 Å². The van der Waals surface area contributed by atoms with E-state index in [1.807, 2.05) is 29.6 Å². The number of likely N-dealkylation sites (tertiary alicyclic amines) is 1. The predicted molar refractivity (Wildman–Crippen MR) is 104 cm³/mol. The zero-order chi connectivity index (χ0) is 19.1. The maximum absolute atomic E-state index is 12.8. The number of rotatable bonds is 3. The highest BCUT2D eigenvalue weighted by Crippen LogP contribution is 2.33. The van der Waals surface area contributed by atoms with Crippen LogP contribution in [0.4, 0.5) is 0 Å². The molecule has 1 aliphatic heterocycles. The number of amides is 1. The Kier molecular flexibility index (Phi) is 4.03. The van der Waals surface area contributed by atoms with Gasteiger partial charge in [0.1, 0.15) is 12.2 Å². The molecular formula is C20H21N7O. The van der Waals surface area contributed by atoms with E-state index in [0.717, 1.165) is 41.2 Å². The zero-order valence-electron chi connectivity index (χ0n) is 15.6. The summed E-state index contributed by atoms with van der Waals surface area (Å²) in [4.78, 5) is 35.2. The zero-order valence-corrected chi connectivity index (χ0v) is 15.6. The summed E-state index contributed by atoms with van der Waals surface area (Å²) in [5.74, 6) is 1.71. The van der Waals surface area contributed by atoms with Crippen LogP contribution in [0.25, 0.3) is 16.7 Å². The minimum Gasteiger partial charge on any atom is -0.345 e. The van der Waals surface area contributed by atoms with Crippen LogP contribution in [-0.4, -0.2) is 53.2 Å². The van der Waals surface area contributed by atoms with Gasteiger partial charge in [0.15, 0.2) is 5.65 Å². The Labute approximate surface area is 161 Å². The van der Waals surface area contributed by atoms with Crippen molar-refractivity contribution in [2.24, 2.45) is 5.92 Å². The van der Waals surface area contributed by atoms with Crippen LogP contribution >= 0.6 is 0 Å². The quantitative estimate of drug-likeness (QED) is 0.593. The molecule has 1 amide bonds. The Bertz CT molecular complexity index is 1130. The van der Waals surface area contributed by atoms with E-state index >= 15 is 0 Å². The molecule has 4 aromatic rings.